The first-order valence-corrected chi connectivity index (χ1v) is 8.75. The molecule has 27 heavy (non-hydrogen) atoms. The minimum atomic E-state index is -0.375. The number of halogens is 1. The highest BCUT2D eigenvalue weighted by molar-refractivity contribution is 5.90. The van der Waals surface area contributed by atoms with Crippen LogP contribution < -0.4 is 15.4 Å². The zero-order valence-corrected chi connectivity index (χ0v) is 14.8. The van der Waals surface area contributed by atoms with Crippen molar-refractivity contribution >= 4 is 17.3 Å². The highest BCUT2D eigenvalue weighted by Crippen LogP contribution is 2.17. The highest BCUT2D eigenvalue weighted by Gasteiger charge is 2.03. The average molecular weight is 364 g/mol. The van der Waals surface area contributed by atoms with E-state index in [2.05, 4.69) is 10.6 Å². The normalized spacial score (nSPS) is 10.3. The van der Waals surface area contributed by atoms with Crippen molar-refractivity contribution < 1.29 is 13.9 Å². The summed E-state index contributed by atoms with van der Waals surface area (Å²) < 4.78 is 18.8. The van der Waals surface area contributed by atoms with Gasteiger partial charge in [-0.05, 0) is 48.0 Å². The van der Waals surface area contributed by atoms with Gasteiger partial charge >= 0.3 is 0 Å². The summed E-state index contributed by atoms with van der Waals surface area (Å²) >= 11 is 0. The first-order chi connectivity index (χ1) is 13.2. The molecule has 2 N–H and O–H groups in total. The minimum Gasteiger partial charge on any atom is -0.489 e. The fraction of sp³-hybridized carbons (Fsp3) is 0.136. The van der Waals surface area contributed by atoms with E-state index in [1.54, 1.807) is 12.1 Å². The topological polar surface area (TPSA) is 50.4 Å². The molecule has 0 saturated carbocycles. The van der Waals surface area contributed by atoms with Crippen molar-refractivity contribution in [3.63, 3.8) is 0 Å². The van der Waals surface area contributed by atoms with Crippen molar-refractivity contribution in [2.24, 2.45) is 0 Å². The molecule has 3 aromatic carbocycles. The molecule has 0 spiro atoms. The van der Waals surface area contributed by atoms with Gasteiger partial charge in [-0.3, -0.25) is 4.79 Å². The van der Waals surface area contributed by atoms with E-state index in [4.69, 9.17) is 4.74 Å². The molecule has 0 radical (unpaired) electrons. The second-order valence-electron chi connectivity index (χ2n) is 6.03. The molecule has 1 amide bonds. The minimum absolute atomic E-state index is 0.170. The van der Waals surface area contributed by atoms with Gasteiger partial charge in [-0.1, -0.05) is 36.4 Å². The molecule has 0 unspecified atom stereocenters. The molecule has 3 aromatic rings. The van der Waals surface area contributed by atoms with Crippen LogP contribution in [0.5, 0.6) is 5.75 Å². The zero-order chi connectivity index (χ0) is 18.9. The summed E-state index contributed by atoms with van der Waals surface area (Å²) in [6.07, 6.45) is 0.281. The van der Waals surface area contributed by atoms with Gasteiger partial charge in [0, 0.05) is 24.3 Å². The van der Waals surface area contributed by atoms with Crippen LogP contribution in [0.2, 0.25) is 0 Å². The van der Waals surface area contributed by atoms with Gasteiger partial charge in [0.15, 0.2) is 0 Å². The lowest BCUT2D eigenvalue weighted by atomic mass is 10.2. The molecular weight excluding hydrogens is 343 g/mol. The van der Waals surface area contributed by atoms with Crippen LogP contribution in [0.1, 0.15) is 12.0 Å². The van der Waals surface area contributed by atoms with Crippen LogP contribution in [0.15, 0.2) is 78.9 Å². The Labute approximate surface area is 158 Å². The number of hydrogen-bond acceptors (Lipinski definition) is 3. The Kier molecular flexibility index (Phi) is 6.41. The number of rotatable bonds is 8. The van der Waals surface area contributed by atoms with E-state index in [-0.39, 0.29) is 18.1 Å². The summed E-state index contributed by atoms with van der Waals surface area (Å²) in [7, 11) is 0. The number of hydrogen-bond donors (Lipinski definition) is 2. The number of anilines is 2. The molecule has 0 aliphatic carbocycles. The van der Waals surface area contributed by atoms with Gasteiger partial charge in [0.05, 0.1) is 0 Å². The Hall–Kier alpha value is -3.34. The molecule has 5 heteroatoms. The van der Waals surface area contributed by atoms with E-state index in [1.807, 2.05) is 54.6 Å². The summed E-state index contributed by atoms with van der Waals surface area (Å²) in [6.45, 7) is 0.999. The second-order valence-corrected chi connectivity index (χ2v) is 6.03. The molecule has 138 valence electrons. The molecule has 3 rings (SSSR count). The maximum absolute atomic E-state index is 13.1. The van der Waals surface area contributed by atoms with Crippen molar-refractivity contribution in [3.05, 3.63) is 90.2 Å². The molecule has 0 atom stereocenters. The Bertz CT molecular complexity index is 867. The molecule has 0 saturated heterocycles. The number of carbonyl (C=O) groups excluding carboxylic acids is 1. The Morgan fingerprint density at radius 1 is 0.889 bits per heavy atom. The average Bonchev–Trinajstić information content (AvgIpc) is 2.68. The molecule has 0 aliphatic heterocycles. The Balaban J connectivity index is 1.40. The number of benzene rings is 3. The van der Waals surface area contributed by atoms with Crippen LogP contribution in [-0.2, 0) is 11.4 Å². The molecule has 0 heterocycles. The van der Waals surface area contributed by atoms with Gasteiger partial charge in [-0.25, -0.2) is 4.39 Å². The lowest BCUT2D eigenvalue weighted by Gasteiger charge is -2.09. The van der Waals surface area contributed by atoms with Gasteiger partial charge in [-0.15, -0.1) is 0 Å². The maximum atomic E-state index is 13.1. The van der Waals surface area contributed by atoms with Crippen molar-refractivity contribution in [2.45, 2.75) is 13.0 Å². The highest BCUT2D eigenvalue weighted by atomic mass is 19.1. The van der Waals surface area contributed by atoms with Crippen LogP contribution in [0.3, 0.4) is 0 Å². The van der Waals surface area contributed by atoms with E-state index >= 15 is 0 Å². The zero-order valence-electron chi connectivity index (χ0n) is 14.8. The van der Waals surface area contributed by atoms with Crippen molar-refractivity contribution in [3.8, 4) is 5.75 Å². The lowest BCUT2D eigenvalue weighted by molar-refractivity contribution is -0.115. The maximum Gasteiger partial charge on any atom is 0.226 e. The van der Waals surface area contributed by atoms with Crippen LogP contribution in [0, 0.1) is 5.82 Å². The Morgan fingerprint density at radius 2 is 1.67 bits per heavy atom. The number of amides is 1. The smallest absolute Gasteiger partial charge is 0.226 e. The van der Waals surface area contributed by atoms with E-state index < -0.39 is 0 Å². The Morgan fingerprint density at radius 3 is 2.41 bits per heavy atom. The van der Waals surface area contributed by atoms with Gasteiger partial charge in [-0.2, -0.15) is 0 Å². The first kappa shape index (κ1) is 18.5. The third-order valence-corrected chi connectivity index (χ3v) is 3.89. The number of carbonyl (C=O) groups is 1. The van der Waals surface area contributed by atoms with E-state index in [9.17, 15) is 9.18 Å². The van der Waals surface area contributed by atoms with Gasteiger partial charge in [0.2, 0.25) is 5.91 Å². The second kappa shape index (κ2) is 9.38. The molecular formula is C22H21FN2O2. The van der Waals surface area contributed by atoms with Gasteiger partial charge in [0.25, 0.3) is 0 Å². The van der Waals surface area contributed by atoms with Crippen LogP contribution in [-0.4, -0.2) is 12.5 Å². The van der Waals surface area contributed by atoms with Crippen molar-refractivity contribution in [2.75, 3.05) is 17.2 Å². The first-order valence-electron chi connectivity index (χ1n) is 8.75. The molecule has 0 aliphatic rings. The van der Waals surface area contributed by atoms with Crippen molar-refractivity contribution in [1.82, 2.24) is 0 Å². The molecule has 0 bridgehead atoms. The third kappa shape index (κ3) is 6.15. The monoisotopic (exact) mass is 364 g/mol. The van der Waals surface area contributed by atoms with Crippen LogP contribution >= 0.6 is 0 Å². The lowest BCUT2D eigenvalue weighted by Crippen LogP contribution is -2.16. The standard InChI is InChI=1S/C22H21FN2O2/c23-18-7-4-8-20(15-18)25-22(26)13-14-24-19-9-11-21(12-10-19)27-16-17-5-2-1-3-6-17/h1-12,15,24H,13-14,16H2,(H,25,26). The van der Waals surface area contributed by atoms with Gasteiger partial charge < -0.3 is 15.4 Å². The summed E-state index contributed by atoms with van der Waals surface area (Å²) in [5.74, 6) is 0.240. The fourth-order valence-corrected chi connectivity index (χ4v) is 2.52. The SMILES string of the molecule is O=C(CCNc1ccc(OCc2ccccc2)cc1)Nc1cccc(F)c1. The fourth-order valence-electron chi connectivity index (χ4n) is 2.52. The summed E-state index contributed by atoms with van der Waals surface area (Å²) in [4.78, 5) is 11.9. The number of ether oxygens (including phenoxy) is 1. The van der Waals surface area contributed by atoms with Crippen LogP contribution in [0.4, 0.5) is 15.8 Å². The molecule has 0 fully saturated rings. The number of nitrogens with one attached hydrogen (secondary N) is 2. The quantitative estimate of drug-likeness (QED) is 0.601. The van der Waals surface area contributed by atoms with Crippen LogP contribution in [0.25, 0.3) is 0 Å². The predicted octanol–water partition coefficient (Wildman–Crippen LogP) is 4.85. The van der Waals surface area contributed by atoms with E-state index in [1.165, 1.54) is 12.1 Å². The molecule has 0 aromatic heterocycles. The van der Waals surface area contributed by atoms with E-state index in [0.717, 1.165) is 17.0 Å². The summed E-state index contributed by atoms with van der Waals surface area (Å²) in [5.41, 5.74) is 2.48. The summed E-state index contributed by atoms with van der Waals surface area (Å²) in [5, 5.41) is 5.85. The summed E-state index contributed by atoms with van der Waals surface area (Å²) in [6, 6.07) is 23.4. The van der Waals surface area contributed by atoms with Crippen molar-refractivity contribution in [1.29, 1.82) is 0 Å². The molecule has 4 nitrogen and oxygen atoms in total. The predicted molar refractivity (Wildman–Crippen MR) is 105 cm³/mol. The van der Waals surface area contributed by atoms with Gasteiger partial charge in [0.1, 0.15) is 18.2 Å². The van der Waals surface area contributed by atoms with E-state index in [0.29, 0.717) is 18.8 Å². The largest absolute Gasteiger partial charge is 0.489 e. The third-order valence-electron chi connectivity index (χ3n) is 3.89.